The van der Waals surface area contributed by atoms with E-state index in [1.807, 2.05) is 0 Å². The zero-order valence-corrected chi connectivity index (χ0v) is 10.3. The largest absolute Gasteiger partial charge is 0.508 e. The maximum absolute atomic E-state index is 11.8. The van der Waals surface area contributed by atoms with E-state index in [2.05, 4.69) is 0 Å². The van der Waals surface area contributed by atoms with Gasteiger partial charge in [0.1, 0.15) is 11.5 Å². The van der Waals surface area contributed by atoms with Crippen molar-refractivity contribution in [3.63, 3.8) is 0 Å². The van der Waals surface area contributed by atoms with Crippen molar-refractivity contribution in [2.75, 3.05) is 0 Å². The molecule has 2 rings (SSSR count). The fraction of sp³-hybridized carbons (Fsp3) is 0. The van der Waals surface area contributed by atoms with Crippen LogP contribution in [0.3, 0.4) is 0 Å². The SMILES string of the molecule is O=C(/C=C\c1ccc(O)cc1O)c1ccc(O)c(O)c1. The molecule has 0 atom stereocenters. The van der Waals surface area contributed by atoms with Gasteiger partial charge in [0, 0.05) is 17.2 Å². The lowest BCUT2D eigenvalue weighted by molar-refractivity contribution is 0.104. The molecule has 0 aliphatic heterocycles. The summed E-state index contributed by atoms with van der Waals surface area (Å²) in [7, 11) is 0. The summed E-state index contributed by atoms with van der Waals surface area (Å²) in [6, 6.07) is 7.75. The predicted octanol–water partition coefficient (Wildman–Crippen LogP) is 2.41. The monoisotopic (exact) mass is 272 g/mol. The second kappa shape index (κ2) is 5.36. The Labute approximate surface area is 114 Å². The van der Waals surface area contributed by atoms with Crippen LogP contribution in [0.2, 0.25) is 0 Å². The highest BCUT2D eigenvalue weighted by atomic mass is 16.3. The van der Waals surface area contributed by atoms with Crippen LogP contribution in [0.25, 0.3) is 6.08 Å². The molecule has 0 unspecified atom stereocenters. The van der Waals surface area contributed by atoms with Crippen molar-refractivity contribution in [1.29, 1.82) is 0 Å². The highest BCUT2D eigenvalue weighted by Crippen LogP contribution is 2.26. The van der Waals surface area contributed by atoms with Crippen molar-refractivity contribution in [2.45, 2.75) is 0 Å². The van der Waals surface area contributed by atoms with Crippen molar-refractivity contribution in [1.82, 2.24) is 0 Å². The lowest BCUT2D eigenvalue weighted by Gasteiger charge is -2.01. The fourth-order valence-corrected chi connectivity index (χ4v) is 1.61. The van der Waals surface area contributed by atoms with Gasteiger partial charge in [-0.15, -0.1) is 0 Å². The number of carbonyl (C=O) groups is 1. The first-order valence-electron chi connectivity index (χ1n) is 5.74. The number of rotatable bonds is 3. The van der Waals surface area contributed by atoms with Crippen LogP contribution in [0.5, 0.6) is 23.0 Å². The van der Waals surface area contributed by atoms with Gasteiger partial charge in [-0.25, -0.2) is 0 Å². The third-order valence-electron chi connectivity index (χ3n) is 2.69. The predicted molar refractivity (Wildman–Crippen MR) is 72.9 cm³/mol. The van der Waals surface area contributed by atoms with Crippen LogP contribution in [-0.4, -0.2) is 26.2 Å². The molecular weight excluding hydrogens is 260 g/mol. The molecule has 20 heavy (non-hydrogen) atoms. The number of hydrogen-bond donors (Lipinski definition) is 4. The molecule has 5 nitrogen and oxygen atoms in total. The van der Waals surface area contributed by atoms with Crippen LogP contribution in [0.4, 0.5) is 0 Å². The summed E-state index contributed by atoms with van der Waals surface area (Å²) in [6.45, 7) is 0. The maximum Gasteiger partial charge on any atom is 0.185 e. The van der Waals surface area contributed by atoms with Crippen LogP contribution in [0, 0.1) is 0 Å². The summed E-state index contributed by atoms with van der Waals surface area (Å²) in [5.41, 5.74) is 0.578. The Kier molecular flexibility index (Phi) is 3.61. The molecular formula is C15H12O5. The third kappa shape index (κ3) is 2.89. The van der Waals surface area contributed by atoms with E-state index in [4.69, 9.17) is 10.2 Å². The van der Waals surface area contributed by atoms with Gasteiger partial charge >= 0.3 is 0 Å². The van der Waals surface area contributed by atoms with Crippen LogP contribution in [-0.2, 0) is 0 Å². The molecule has 0 aliphatic carbocycles. The zero-order valence-electron chi connectivity index (χ0n) is 10.3. The Morgan fingerprint density at radius 3 is 2.25 bits per heavy atom. The quantitative estimate of drug-likeness (QED) is 0.391. The van der Waals surface area contributed by atoms with Gasteiger partial charge in [0.25, 0.3) is 0 Å². The molecule has 2 aromatic carbocycles. The summed E-state index contributed by atoms with van der Waals surface area (Å²) in [5.74, 6) is -1.30. The molecule has 0 fully saturated rings. The summed E-state index contributed by atoms with van der Waals surface area (Å²) in [4.78, 5) is 11.8. The van der Waals surface area contributed by atoms with Crippen molar-refractivity contribution >= 4 is 11.9 Å². The Balaban J connectivity index is 2.22. The van der Waals surface area contributed by atoms with Crippen molar-refractivity contribution in [3.05, 3.63) is 53.6 Å². The number of hydrogen-bond acceptors (Lipinski definition) is 5. The number of phenols is 4. The van der Waals surface area contributed by atoms with E-state index >= 15 is 0 Å². The van der Waals surface area contributed by atoms with Gasteiger partial charge in [0.05, 0.1) is 0 Å². The molecule has 4 N–H and O–H groups in total. The van der Waals surface area contributed by atoms with E-state index in [1.165, 1.54) is 36.4 Å². The average molecular weight is 272 g/mol. The van der Waals surface area contributed by atoms with E-state index in [1.54, 1.807) is 0 Å². The number of ketones is 1. The lowest BCUT2D eigenvalue weighted by Crippen LogP contribution is -1.93. The molecule has 0 saturated carbocycles. The van der Waals surface area contributed by atoms with Gasteiger partial charge in [-0.3, -0.25) is 4.79 Å². The molecule has 0 spiro atoms. The topological polar surface area (TPSA) is 98.0 Å². The molecule has 2 aromatic rings. The van der Waals surface area contributed by atoms with Crippen LogP contribution >= 0.6 is 0 Å². The fourth-order valence-electron chi connectivity index (χ4n) is 1.61. The number of carbonyl (C=O) groups excluding carboxylic acids is 1. The molecule has 0 saturated heterocycles. The summed E-state index contributed by atoms with van der Waals surface area (Å²) in [5, 5.41) is 37.2. The number of aromatic hydroxyl groups is 4. The Morgan fingerprint density at radius 2 is 1.60 bits per heavy atom. The molecule has 0 aromatic heterocycles. The van der Waals surface area contributed by atoms with E-state index in [9.17, 15) is 15.0 Å². The molecule has 0 bridgehead atoms. The van der Waals surface area contributed by atoms with Gasteiger partial charge in [0.2, 0.25) is 0 Å². The second-order valence-electron chi connectivity index (χ2n) is 4.14. The first kappa shape index (κ1) is 13.5. The molecule has 0 radical (unpaired) electrons. The van der Waals surface area contributed by atoms with E-state index in [-0.39, 0.29) is 28.6 Å². The van der Waals surface area contributed by atoms with Gasteiger partial charge in [-0.2, -0.15) is 0 Å². The van der Waals surface area contributed by atoms with Crippen LogP contribution < -0.4 is 0 Å². The van der Waals surface area contributed by atoms with Crippen molar-refractivity contribution in [2.24, 2.45) is 0 Å². The minimum Gasteiger partial charge on any atom is -0.508 e. The highest BCUT2D eigenvalue weighted by Gasteiger charge is 2.06. The van der Waals surface area contributed by atoms with Crippen LogP contribution in [0.1, 0.15) is 15.9 Å². The van der Waals surface area contributed by atoms with E-state index < -0.39 is 5.78 Å². The molecule has 5 heteroatoms. The molecule has 0 heterocycles. The Morgan fingerprint density at radius 1 is 0.850 bits per heavy atom. The minimum atomic E-state index is -0.396. The highest BCUT2D eigenvalue weighted by molar-refractivity contribution is 6.07. The molecule has 0 amide bonds. The number of benzene rings is 2. The lowest BCUT2D eigenvalue weighted by atomic mass is 10.1. The van der Waals surface area contributed by atoms with Gasteiger partial charge in [-0.1, -0.05) is 0 Å². The summed E-state index contributed by atoms with van der Waals surface area (Å²) >= 11 is 0. The van der Waals surface area contributed by atoms with Crippen molar-refractivity contribution in [3.8, 4) is 23.0 Å². The average Bonchev–Trinajstić information content (AvgIpc) is 2.40. The summed E-state index contributed by atoms with van der Waals surface area (Å²) < 4.78 is 0. The molecule has 0 aliphatic rings. The van der Waals surface area contributed by atoms with Gasteiger partial charge in [0.15, 0.2) is 17.3 Å². The van der Waals surface area contributed by atoms with E-state index in [0.29, 0.717) is 5.56 Å². The normalized spacial score (nSPS) is 10.8. The Hall–Kier alpha value is -2.95. The number of allylic oxidation sites excluding steroid dienone is 1. The first-order chi connectivity index (χ1) is 9.47. The molecule has 102 valence electrons. The third-order valence-corrected chi connectivity index (χ3v) is 2.69. The van der Waals surface area contributed by atoms with Gasteiger partial charge in [-0.05, 0) is 42.5 Å². The first-order valence-corrected chi connectivity index (χ1v) is 5.74. The Bertz CT molecular complexity index is 689. The van der Waals surface area contributed by atoms with Crippen molar-refractivity contribution < 1.29 is 25.2 Å². The standard InChI is InChI=1S/C15H12O5/c16-11-4-1-9(14(19)8-11)2-5-12(17)10-3-6-13(18)15(20)7-10/h1-8,16,18-20H/b5-2-. The smallest absolute Gasteiger partial charge is 0.185 e. The van der Waals surface area contributed by atoms with Gasteiger partial charge < -0.3 is 20.4 Å². The van der Waals surface area contributed by atoms with Crippen LogP contribution in [0.15, 0.2) is 42.5 Å². The van der Waals surface area contributed by atoms with E-state index in [0.717, 1.165) is 12.1 Å². The number of phenolic OH excluding ortho intramolecular Hbond substituents is 4. The second-order valence-corrected chi connectivity index (χ2v) is 4.14. The minimum absolute atomic E-state index is 0.0746. The maximum atomic E-state index is 11.8. The summed E-state index contributed by atoms with van der Waals surface area (Å²) in [6.07, 6.45) is 2.61. The zero-order chi connectivity index (χ0) is 14.7.